The summed E-state index contributed by atoms with van der Waals surface area (Å²) in [6.45, 7) is 6.84. The fourth-order valence-electron chi connectivity index (χ4n) is 2.62. The van der Waals surface area contributed by atoms with Crippen molar-refractivity contribution in [2.45, 2.75) is 45.2 Å². The molecule has 2 aromatic carbocycles. The second-order valence-corrected chi connectivity index (χ2v) is 10.2. The van der Waals surface area contributed by atoms with Gasteiger partial charge in [-0.15, -0.1) is 0 Å². The molecule has 0 atom stereocenters. The molecular weight excluding hydrogens is 303 g/mol. The molecule has 0 aromatic heterocycles. The van der Waals surface area contributed by atoms with Crippen LogP contribution in [0.2, 0.25) is 5.21 Å². The monoisotopic (exact) mass is 328 g/mol. The number of unbranched alkanes of at least 4 members (excludes halogenated alkanes) is 2. The Labute approximate surface area is 128 Å². The second kappa shape index (κ2) is 7.69. The first-order valence-corrected chi connectivity index (χ1v) is 10.8. The summed E-state index contributed by atoms with van der Waals surface area (Å²) in [5.41, 5.74) is 2.96. The van der Waals surface area contributed by atoms with E-state index < -0.39 is 14.7 Å². The van der Waals surface area contributed by atoms with Gasteiger partial charge in [0.05, 0.1) is 0 Å². The molecule has 0 saturated heterocycles. The molecule has 106 valence electrons. The van der Waals surface area contributed by atoms with Gasteiger partial charge in [0, 0.05) is 0 Å². The predicted octanol–water partition coefficient (Wildman–Crippen LogP) is 4.10. The molecule has 0 aliphatic carbocycles. The van der Waals surface area contributed by atoms with Gasteiger partial charge in [-0.1, -0.05) is 0 Å². The van der Waals surface area contributed by atoms with E-state index >= 15 is 0 Å². The van der Waals surface area contributed by atoms with Gasteiger partial charge in [-0.3, -0.25) is 0 Å². The van der Waals surface area contributed by atoms with Crippen molar-refractivity contribution in [3.8, 4) is 0 Å². The van der Waals surface area contributed by atoms with Gasteiger partial charge in [-0.05, 0) is 0 Å². The fourth-order valence-corrected chi connectivity index (χ4v) is 8.53. The van der Waals surface area contributed by atoms with E-state index in [1.165, 1.54) is 35.6 Å². The van der Waals surface area contributed by atoms with Crippen molar-refractivity contribution in [3.63, 3.8) is 0 Å². The summed E-state index contributed by atoms with van der Waals surface area (Å²) in [4.78, 5) is 0. The van der Waals surface area contributed by atoms with Crippen LogP contribution in [-0.2, 0) is 0 Å². The predicted molar refractivity (Wildman–Crippen MR) is 91.7 cm³/mol. The molecule has 0 aliphatic heterocycles. The Hall–Kier alpha value is -1.00. The van der Waals surface area contributed by atoms with Crippen molar-refractivity contribution in [1.29, 1.82) is 0 Å². The summed E-state index contributed by atoms with van der Waals surface area (Å²) in [5.74, 6) is 0. The SMILES string of the molecule is CCCCC[As](c1ccccc1C)c1ccccc1C. The third-order valence-electron chi connectivity index (χ3n) is 3.80. The maximum atomic E-state index is 2.37. The Morgan fingerprint density at radius 2 is 1.25 bits per heavy atom. The number of rotatable bonds is 6. The minimum atomic E-state index is -1.14. The molecule has 2 rings (SSSR count). The number of benzene rings is 2. The first-order chi connectivity index (χ1) is 9.74. The van der Waals surface area contributed by atoms with Crippen LogP contribution in [0.15, 0.2) is 48.5 Å². The zero-order valence-corrected chi connectivity index (χ0v) is 14.8. The quantitative estimate of drug-likeness (QED) is 0.553. The van der Waals surface area contributed by atoms with Gasteiger partial charge in [-0.25, -0.2) is 0 Å². The molecule has 0 amide bonds. The Morgan fingerprint density at radius 1 is 0.750 bits per heavy atom. The molecule has 0 unspecified atom stereocenters. The van der Waals surface area contributed by atoms with E-state index in [9.17, 15) is 0 Å². The van der Waals surface area contributed by atoms with Gasteiger partial charge in [-0.2, -0.15) is 0 Å². The summed E-state index contributed by atoms with van der Waals surface area (Å²) in [7, 11) is 0. The van der Waals surface area contributed by atoms with Crippen molar-refractivity contribution in [1.82, 2.24) is 0 Å². The van der Waals surface area contributed by atoms with E-state index in [0.29, 0.717) is 0 Å². The van der Waals surface area contributed by atoms with Crippen LogP contribution in [-0.4, -0.2) is 14.7 Å². The van der Waals surface area contributed by atoms with Gasteiger partial charge in [0.2, 0.25) is 0 Å². The van der Waals surface area contributed by atoms with Crippen LogP contribution < -0.4 is 8.70 Å². The molecule has 0 saturated carbocycles. The molecule has 0 fully saturated rings. The van der Waals surface area contributed by atoms with Crippen LogP contribution in [0.5, 0.6) is 0 Å². The molecule has 0 bridgehead atoms. The van der Waals surface area contributed by atoms with E-state index in [2.05, 4.69) is 69.3 Å². The average Bonchev–Trinajstić information content (AvgIpc) is 2.46. The van der Waals surface area contributed by atoms with Crippen molar-refractivity contribution in [2.75, 3.05) is 0 Å². The second-order valence-electron chi connectivity index (χ2n) is 5.43. The Morgan fingerprint density at radius 3 is 1.70 bits per heavy atom. The average molecular weight is 328 g/mol. The Balaban J connectivity index is 2.35. The van der Waals surface area contributed by atoms with Crippen molar-refractivity contribution < 1.29 is 0 Å². The molecule has 0 heterocycles. The summed E-state index contributed by atoms with van der Waals surface area (Å²) in [6, 6.07) is 18.0. The maximum absolute atomic E-state index is 2.37. The molecule has 0 radical (unpaired) electrons. The van der Waals surface area contributed by atoms with E-state index in [-0.39, 0.29) is 0 Å². The van der Waals surface area contributed by atoms with E-state index in [1.54, 1.807) is 8.70 Å². The standard InChI is InChI=1S/C19H25As/c1-4-5-10-15-20(18-13-8-6-11-16(18)2)19-14-9-7-12-17(19)3/h6-9,11-14H,4-5,10,15H2,1-3H3. The summed E-state index contributed by atoms with van der Waals surface area (Å²) >= 11 is -1.14. The van der Waals surface area contributed by atoms with Crippen LogP contribution in [0.1, 0.15) is 37.3 Å². The normalized spacial score (nSPS) is 11.0. The van der Waals surface area contributed by atoms with E-state index in [1.807, 2.05) is 0 Å². The van der Waals surface area contributed by atoms with Gasteiger partial charge in [0.15, 0.2) is 0 Å². The molecule has 0 aliphatic rings. The minimum absolute atomic E-state index is 1.14. The molecule has 20 heavy (non-hydrogen) atoms. The molecule has 0 spiro atoms. The van der Waals surface area contributed by atoms with Crippen LogP contribution in [0.25, 0.3) is 0 Å². The van der Waals surface area contributed by atoms with Gasteiger partial charge < -0.3 is 0 Å². The van der Waals surface area contributed by atoms with Gasteiger partial charge in [0.25, 0.3) is 0 Å². The van der Waals surface area contributed by atoms with Gasteiger partial charge in [0.1, 0.15) is 0 Å². The molecule has 2 aromatic rings. The van der Waals surface area contributed by atoms with Gasteiger partial charge >= 0.3 is 128 Å². The van der Waals surface area contributed by atoms with Crippen LogP contribution in [0.3, 0.4) is 0 Å². The first kappa shape index (κ1) is 15.4. The topological polar surface area (TPSA) is 0 Å². The number of hydrogen-bond acceptors (Lipinski definition) is 0. The van der Waals surface area contributed by atoms with Crippen LogP contribution in [0.4, 0.5) is 0 Å². The summed E-state index contributed by atoms with van der Waals surface area (Å²) in [6.07, 6.45) is 4.05. The zero-order valence-electron chi connectivity index (χ0n) is 12.9. The van der Waals surface area contributed by atoms with E-state index in [4.69, 9.17) is 0 Å². The third-order valence-corrected chi connectivity index (χ3v) is 9.95. The third kappa shape index (κ3) is 3.76. The Bertz CT molecular complexity index is 499. The zero-order chi connectivity index (χ0) is 14.4. The first-order valence-electron chi connectivity index (χ1n) is 7.63. The molecule has 1 heteroatoms. The van der Waals surface area contributed by atoms with E-state index in [0.717, 1.165) is 0 Å². The summed E-state index contributed by atoms with van der Waals surface area (Å²) < 4.78 is 3.29. The Kier molecular flexibility index (Phi) is 5.92. The fraction of sp³-hybridized carbons (Fsp3) is 0.368. The number of hydrogen-bond donors (Lipinski definition) is 0. The van der Waals surface area contributed by atoms with Crippen molar-refractivity contribution in [2.24, 2.45) is 0 Å². The van der Waals surface area contributed by atoms with Crippen molar-refractivity contribution >= 4 is 23.4 Å². The van der Waals surface area contributed by atoms with Crippen LogP contribution in [0, 0.1) is 13.8 Å². The number of aryl methyl sites for hydroxylation is 2. The summed E-state index contributed by atoms with van der Waals surface area (Å²) in [5, 5.41) is 1.40. The van der Waals surface area contributed by atoms with Crippen molar-refractivity contribution in [3.05, 3.63) is 59.7 Å². The van der Waals surface area contributed by atoms with Crippen LogP contribution >= 0.6 is 0 Å². The molecular formula is C19H25As. The molecule has 0 nitrogen and oxygen atoms in total. The molecule has 0 N–H and O–H groups in total.